The first kappa shape index (κ1) is 17.1. The smallest absolute Gasteiger partial charge is 0.323 e. The van der Waals surface area contributed by atoms with Gasteiger partial charge in [-0.2, -0.15) is 0 Å². The minimum atomic E-state index is -3.73. The number of rotatable bonds is 6. The molecule has 0 fully saturated rings. The first-order valence-electron chi connectivity index (χ1n) is 7.35. The van der Waals surface area contributed by atoms with Gasteiger partial charge >= 0.3 is 5.69 Å². The van der Waals surface area contributed by atoms with E-state index in [0.29, 0.717) is 22.5 Å². The highest BCUT2D eigenvalue weighted by Gasteiger charge is 2.15. The average Bonchev–Trinajstić information content (AvgIpc) is 2.98. The molecule has 0 radical (unpaired) electrons. The van der Waals surface area contributed by atoms with E-state index in [-0.39, 0.29) is 17.1 Å². The van der Waals surface area contributed by atoms with Crippen LogP contribution in [0.4, 0.5) is 0 Å². The summed E-state index contributed by atoms with van der Waals surface area (Å²) in [6.45, 7) is 0.0877. The maximum Gasteiger partial charge on any atom is 0.323 e. The molecule has 0 aliphatic heterocycles. The number of hydrogen-bond donors (Lipinski definition) is 3. The summed E-state index contributed by atoms with van der Waals surface area (Å²) in [4.78, 5) is 16.4. The van der Waals surface area contributed by atoms with Crippen molar-refractivity contribution >= 4 is 21.1 Å². The SMILES string of the molecule is COc1ccc(CNS(=O)(=O)c2ccc3[nH]c(=O)[nH]c3c2)cc1OC. The van der Waals surface area contributed by atoms with Gasteiger partial charge in [0.1, 0.15) is 0 Å². The van der Waals surface area contributed by atoms with Crippen molar-refractivity contribution in [2.24, 2.45) is 0 Å². The summed E-state index contributed by atoms with van der Waals surface area (Å²) in [5, 5.41) is 0. The fourth-order valence-corrected chi connectivity index (χ4v) is 3.47. The molecule has 8 nitrogen and oxygen atoms in total. The number of imidazole rings is 1. The third kappa shape index (κ3) is 3.52. The predicted octanol–water partition coefficient (Wildman–Crippen LogP) is 1.35. The molecule has 0 bridgehead atoms. The summed E-state index contributed by atoms with van der Waals surface area (Å²) in [6.07, 6.45) is 0. The molecule has 3 rings (SSSR count). The highest BCUT2D eigenvalue weighted by Crippen LogP contribution is 2.27. The van der Waals surface area contributed by atoms with Gasteiger partial charge in [-0.25, -0.2) is 17.9 Å². The van der Waals surface area contributed by atoms with Gasteiger partial charge in [-0.1, -0.05) is 6.07 Å². The number of H-pyrrole nitrogens is 2. The van der Waals surface area contributed by atoms with Gasteiger partial charge < -0.3 is 19.4 Å². The Morgan fingerprint density at radius 1 is 0.960 bits per heavy atom. The lowest BCUT2D eigenvalue weighted by Crippen LogP contribution is -2.23. The third-order valence-electron chi connectivity index (χ3n) is 3.71. The number of nitrogens with one attached hydrogen (secondary N) is 3. The maximum absolute atomic E-state index is 12.5. The van der Waals surface area contributed by atoms with Gasteiger partial charge in [-0.3, -0.25) is 0 Å². The molecule has 3 aromatic rings. The van der Waals surface area contributed by atoms with Crippen LogP contribution in [0.1, 0.15) is 5.56 Å². The lowest BCUT2D eigenvalue weighted by molar-refractivity contribution is 0.354. The van der Waals surface area contributed by atoms with E-state index in [0.717, 1.165) is 5.56 Å². The van der Waals surface area contributed by atoms with Gasteiger partial charge in [-0.15, -0.1) is 0 Å². The van der Waals surface area contributed by atoms with Gasteiger partial charge in [0.2, 0.25) is 10.0 Å². The van der Waals surface area contributed by atoms with Crippen LogP contribution in [0.15, 0.2) is 46.1 Å². The number of fused-ring (bicyclic) bond motifs is 1. The van der Waals surface area contributed by atoms with E-state index in [9.17, 15) is 13.2 Å². The van der Waals surface area contributed by atoms with Crippen LogP contribution >= 0.6 is 0 Å². The van der Waals surface area contributed by atoms with Gasteiger partial charge in [0.25, 0.3) is 0 Å². The number of sulfonamides is 1. The molecule has 0 atom stereocenters. The van der Waals surface area contributed by atoms with Crippen molar-refractivity contribution in [1.29, 1.82) is 0 Å². The van der Waals surface area contributed by atoms with Crippen molar-refractivity contribution in [3.63, 3.8) is 0 Å². The van der Waals surface area contributed by atoms with E-state index in [1.165, 1.54) is 32.4 Å². The molecule has 0 aliphatic carbocycles. The monoisotopic (exact) mass is 363 g/mol. The summed E-state index contributed by atoms with van der Waals surface area (Å²) in [7, 11) is -0.692. The standard InChI is InChI=1S/C16H17N3O5S/c1-23-14-6-3-10(7-15(14)24-2)9-17-25(21,22)11-4-5-12-13(8-11)19-16(20)18-12/h3-8,17H,9H2,1-2H3,(H2,18,19,20). The highest BCUT2D eigenvalue weighted by atomic mass is 32.2. The van der Waals surface area contributed by atoms with E-state index in [1.807, 2.05) is 0 Å². The molecule has 1 heterocycles. The van der Waals surface area contributed by atoms with Crippen LogP contribution in [0, 0.1) is 0 Å². The zero-order valence-electron chi connectivity index (χ0n) is 13.6. The van der Waals surface area contributed by atoms with E-state index in [2.05, 4.69) is 14.7 Å². The first-order chi connectivity index (χ1) is 11.9. The predicted molar refractivity (Wildman–Crippen MR) is 92.5 cm³/mol. The zero-order valence-corrected chi connectivity index (χ0v) is 14.4. The fraction of sp³-hybridized carbons (Fsp3) is 0.188. The maximum atomic E-state index is 12.5. The van der Waals surface area contributed by atoms with Gasteiger partial charge in [0.15, 0.2) is 11.5 Å². The summed E-state index contributed by atoms with van der Waals surface area (Å²) in [5.74, 6) is 1.08. The van der Waals surface area contributed by atoms with Gasteiger partial charge in [0, 0.05) is 6.54 Å². The van der Waals surface area contributed by atoms with Crippen molar-refractivity contribution < 1.29 is 17.9 Å². The fourth-order valence-electron chi connectivity index (χ4n) is 2.43. The zero-order chi connectivity index (χ0) is 18.0. The van der Waals surface area contributed by atoms with Crippen LogP contribution in [0.25, 0.3) is 11.0 Å². The molecule has 9 heteroatoms. The normalized spacial score (nSPS) is 11.6. The number of benzene rings is 2. The molecule has 0 saturated carbocycles. The van der Waals surface area contributed by atoms with Gasteiger partial charge in [-0.05, 0) is 35.9 Å². The van der Waals surface area contributed by atoms with Crippen LogP contribution in [-0.4, -0.2) is 32.6 Å². The Labute approximate surface area is 143 Å². The second-order valence-corrected chi connectivity index (χ2v) is 7.07. The Morgan fingerprint density at radius 3 is 2.40 bits per heavy atom. The second-order valence-electron chi connectivity index (χ2n) is 5.30. The molecule has 0 spiro atoms. The van der Waals surface area contributed by atoms with Gasteiger partial charge in [0.05, 0.1) is 30.1 Å². The van der Waals surface area contributed by atoms with Crippen LogP contribution in [0.5, 0.6) is 11.5 Å². The molecule has 25 heavy (non-hydrogen) atoms. The summed E-state index contributed by atoms with van der Waals surface area (Å²) in [6, 6.07) is 9.54. The largest absolute Gasteiger partial charge is 0.493 e. The number of ether oxygens (including phenoxy) is 2. The van der Waals surface area contributed by atoms with Crippen molar-refractivity contribution in [2.75, 3.05) is 14.2 Å². The molecule has 132 valence electrons. The summed E-state index contributed by atoms with van der Waals surface area (Å²) < 4.78 is 37.8. The van der Waals surface area contributed by atoms with E-state index < -0.39 is 10.0 Å². The topological polar surface area (TPSA) is 113 Å². The Bertz CT molecular complexity index is 1070. The lowest BCUT2D eigenvalue weighted by Gasteiger charge is -2.11. The number of methoxy groups -OCH3 is 2. The molecule has 2 aromatic carbocycles. The molecule has 0 amide bonds. The molecule has 0 saturated heterocycles. The molecule has 0 aliphatic rings. The first-order valence-corrected chi connectivity index (χ1v) is 8.84. The van der Waals surface area contributed by atoms with E-state index in [1.54, 1.807) is 18.2 Å². The molecule has 3 N–H and O–H groups in total. The van der Waals surface area contributed by atoms with Crippen molar-refractivity contribution in [3.05, 3.63) is 52.4 Å². The molecule has 1 aromatic heterocycles. The van der Waals surface area contributed by atoms with Crippen LogP contribution < -0.4 is 19.9 Å². The van der Waals surface area contributed by atoms with Crippen LogP contribution in [0.2, 0.25) is 0 Å². The van der Waals surface area contributed by atoms with E-state index >= 15 is 0 Å². The minimum Gasteiger partial charge on any atom is -0.493 e. The summed E-state index contributed by atoms with van der Waals surface area (Å²) in [5.41, 5.74) is 1.31. The molecular formula is C16H17N3O5S. The Balaban J connectivity index is 1.82. The highest BCUT2D eigenvalue weighted by molar-refractivity contribution is 7.89. The molecular weight excluding hydrogens is 346 g/mol. The van der Waals surface area contributed by atoms with E-state index in [4.69, 9.17) is 9.47 Å². The Hall–Kier alpha value is -2.78. The second kappa shape index (κ2) is 6.61. The van der Waals surface area contributed by atoms with Crippen molar-refractivity contribution in [1.82, 2.24) is 14.7 Å². The number of aromatic nitrogens is 2. The average molecular weight is 363 g/mol. The number of aromatic amines is 2. The lowest BCUT2D eigenvalue weighted by atomic mass is 10.2. The Morgan fingerprint density at radius 2 is 1.68 bits per heavy atom. The van der Waals surface area contributed by atoms with Crippen molar-refractivity contribution in [2.45, 2.75) is 11.4 Å². The summed E-state index contributed by atoms with van der Waals surface area (Å²) >= 11 is 0. The van der Waals surface area contributed by atoms with Crippen LogP contribution in [0.3, 0.4) is 0 Å². The van der Waals surface area contributed by atoms with Crippen molar-refractivity contribution in [3.8, 4) is 11.5 Å². The third-order valence-corrected chi connectivity index (χ3v) is 5.11. The Kier molecular flexibility index (Phi) is 4.51. The quantitative estimate of drug-likeness (QED) is 0.612. The van der Waals surface area contributed by atoms with Crippen LogP contribution in [-0.2, 0) is 16.6 Å². The minimum absolute atomic E-state index is 0.0655. The molecule has 0 unspecified atom stereocenters. The number of hydrogen-bond acceptors (Lipinski definition) is 5.